The van der Waals surface area contributed by atoms with Gasteiger partial charge < -0.3 is 4.74 Å². The molecule has 4 heteroatoms. The van der Waals surface area contributed by atoms with Gasteiger partial charge >= 0.3 is 0 Å². The van der Waals surface area contributed by atoms with Crippen LogP contribution in [0.4, 0.5) is 0 Å². The van der Waals surface area contributed by atoms with E-state index in [4.69, 9.17) is 4.74 Å². The number of rotatable bonds is 3. The van der Waals surface area contributed by atoms with Crippen molar-refractivity contribution in [1.82, 2.24) is 14.8 Å². The Bertz CT molecular complexity index is 491. The number of hydrogen-bond donors (Lipinski definition) is 0. The average Bonchev–Trinajstić information content (AvgIpc) is 2.67. The van der Waals surface area contributed by atoms with Crippen LogP contribution in [0.3, 0.4) is 0 Å². The molecule has 4 nitrogen and oxygen atoms in total. The van der Waals surface area contributed by atoms with Crippen LogP contribution in [0.25, 0.3) is 0 Å². The van der Waals surface area contributed by atoms with Gasteiger partial charge in [-0.2, -0.15) is 5.10 Å². The van der Waals surface area contributed by atoms with E-state index in [-0.39, 0.29) is 0 Å². The molecule has 84 valence electrons. The molecule has 0 saturated heterocycles. The fourth-order valence-corrected chi connectivity index (χ4v) is 1.47. The van der Waals surface area contributed by atoms with Gasteiger partial charge in [-0.1, -0.05) is 12.1 Å². The van der Waals surface area contributed by atoms with E-state index in [2.05, 4.69) is 30.0 Å². The standard InChI is InChI=1S/C12H15N3O/c1-9-5-4-6-11(10(9)2)16-7-12-13-8-14-15(12)3/h4-6,8H,7H2,1-3H3. The van der Waals surface area contributed by atoms with Crippen LogP contribution in [0.15, 0.2) is 24.5 Å². The monoisotopic (exact) mass is 217 g/mol. The summed E-state index contributed by atoms with van der Waals surface area (Å²) in [6.45, 7) is 4.58. The van der Waals surface area contributed by atoms with Gasteiger partial charge in [0.2, 0.25) is 0 Å². The molecule has 0 atom stereocenters. The molecule has 1 aromatic carbocycles. The zero-order valence-electron chi connectivity index (χ0n) is 9.77. The Hall–Kier alpha value is -1.84. The fraction of sp³-hybridized carbons (Fsp3) is 0.333. The molecule has 0 aliphatic carbocycles. The predicted octanol–water partition coefficient (Wildman–Crippen LogP) is 2.01. The first-order valence-corrected chi connectivity index (χ1v) is 5.20. The van der Waals surface area contributed by atoms with E-state index >= 15 is 0 Å². The van der Waals surface area contributed by atoms with Crippen molar-refractivity contribution < 1.29 is 4.74 Å². The summed E-state index contributed by atoms with van der Waals surface area (Å²) in [5.41, 5.74) is 2.40. The first-order chi connectivity index (χ1) is 7.68. The van der Waals surface area contributed by atoms with Crippen molar-refractivity contribution in [3.63, 3.8) is 0 Å². The van der Waals surface area contributed by atoms with Crippen LogP contribution in [-0.2, 0) is 13.7 Å². The second-order valence-corrected chi connectivity index (χ2v) is 3.79. The van der Waals surface area contributed by atoms with Crippen molar-refractivity contribution in [2.24, 2.45) is 7.05 Å². The van der Waals surface area contributed by atoms with Crippen LogP contribution in [0.1, 0.15) is 17.0 Å². The highest BCUT2D eigenvalue weighted by Crippen LogP contribution is 2.21. The average molecular weight is 217 g/mol. The SMILES string of the molecule is Cc1cccc(OCc2ncnn2C)c1C. The van der Waals surface area contributed by atoms with Gasteiger partial charge in [-0.15, -0.1) is 0 Å². The highest BCUT2D eigenvalue weighted by molar-refractivity contribution is 5.38. The number of nitrogens with zero attached hydrogens (tertiary/aromatic N) is 3. The van der Waals surface area contributed by atoms with Crippen molar-refractivity contribution in [3.8, 4) is 5.75 Å². The van der Waals surface area contributed by atoms with E-state index in [1.54, 1.807) is 4.68 Å². The summed E-state index contributed by atoms with van der Waals surface area (Å²) in [4.78, 5) is 4.11. The van der Waals surface area contributed by atoms with Crippen molar-refractivity contribution in [1.29, 1.82) is 0 Å². The second kappa shape index (κ2) is 4.35. The molecule has 2 rings (SSSR count). The minimum absolute atomic E-state index is 0.445. The molecule has 0 saturated carbocycles. The van der Waals surface area contributed by atoms with Crippen molar-refractivity contribution in [3.05, 3.63) is 41.5 Å². The predicted molar refractivity (Wildman–Crippen MR) is 61.3 cm³/mol. The number of aromatic nitrogens is 3. The molecular weight excluding hydrogens is 202 g/mol. The van der Waals surface area contributed by atoms with Crippen molar-refractivity contribution in [2.45, 2.75) is 20.5 Å². The minimum atomic E-state index is 0.445. The van der Waals surface area contributed by atoms with Crippen molar-refractivity contribution >= 4 is 0 Å². The fourth-order valence-electron chi connectivity index (χ4n) is 1.47. The second-order valence-electron chi connectivity index (χ2n) is 3.79. The number of hydrogen-bond acceptors (Lipinski definition) is 3. The Labute approximate surface area is 94.9 Å². The Morgan fingerprint density at radius 1 is 1.31 bits per heavy atom. The van der Waals surface area contributed by atoms with Gasteiger partial charge in [0.25, 0.3) is 0 Å². The lowest BCUT2D eigenvalue weighted by atomic mass is 10.1. The lowest BCUT2D eigenvalue weighted by Gasteiger charge is -2.10. The topological polar surface area (TPSA) is 39.9 Å². The van der Waals surface area contributed by atoms with Gasteiger partial charge in [0.05, 0.1) is 0 Å². The van der Waals surface area contributed by atoms with Gasteiger partial charge in [-0.05, 0) is 31.0 Å². The van der Waals surface area contributed by atoms with Crippen LogP contribution in [0, 0.1) is 13.8 Å². The first kappa shape index (κ1) is 10.7. The molecule has 0 bridgehead atoms. The maximum absolute atomic E-state index is 5.72. The van der Waals surface area contributed by atoms with Gasteiger partial charge in [0, 0.05) is 7.05 Å². The number of ether oxygens (including phenoxy) is 1. The molecule has 0 unspecified atom stereocenters. The van der Waals surface area contributed by atoms with Gasteiger partial charge in [0.15, 0.2) is 5.82 Å². The molecule has 0 aliphatic rings. The summed E-state index contributed by atoms with van der Waals surface area (Å²) in [5.74, 6) is 1.73. The van der Waals surface area contributed by atoms with E-state index in [0.717, 1.165) is 11.6 Å². The highest BCUT2D eigenvalue weighted by Gasteiger charge is 2.04. The molecule has 2 aromatic rings. The first-order valence-electron chi connectivity index (χ1n) is 5.20. The quantitative estimate of drug-likeness (QED) is 0.789. The molecule has 0 radical (unpaired) electrons. The Morgan fingerprint density at radius 2 is 2.12 bits per heavy atom. The number of aryl methyl sites for hydroxylation is 2. The zero-order valence-corrected chi connectivity index (χ0v) is 9.77. The largest absolute Gasteiger partial charge is 0.485 e. The summed E-state index contributed by atoms with van der Waals surface area (Å²) in [5, 5.41) is 3.99. The highest BCUT2D eigenvalue weighted by atomic mass is 16.5. The van der Waals surface area contributed by atoms with Crippen LogP contribution in [-0.4, -0.2) is 14.8 Å². The van der Waals surface area contributed by atoms with E-state index < -0.39 is 0 Å². The Balaban J connectivity index is 2.11. The summed E-state index contributed by atoms with van der Waals surface area (Å²) in [6, 6.07) is 6.04. The minimum Gasteiger partial charge on any atom is -0.485 e. The summed E-state index contributed by atoms with van der Waals surface area (Å²) in [6.07, 6.45) is 1.53. The van der Waals surface area contributed by atoms with Crippen molar-refractivity contribution in [2.75, 3.05) is 0 Å². The lowest BCUT2D eigenvalue weighted by Crippen LogP contribution is -2.05. The zero-order chi connectivity index (χ0) is 11.5. The maximum atomic E-state index is 5.72. The van der Waals surface area contributed by atoms with E-state index in [9.17, 15) is 0 Å². The summed E-state index contributed by atoms with van der Waals surface area (Å²) < 4.78 is 7.43. The molecule has 0 N–H and O–H groups in total. The summed E-state index contributed by atoms with van der Waals surface area (Å²) in [7, 11) is 1.86. The van der Waals surface area contributed by atoms with E-state index in [1.165, 1.54) is 17.5 Å². The number of benzene rings is 1. The molecule has 0 amide bonds. The molecule has 0 aliphatic heterocycles. The third kappa shape index (κ3) is 2.05. The van der Waals surface area contributed by atoms with Gasteiger partial charge in [-0.25, -0.2) is 4.98 Å². The third-order valence-electron chi connectivity index (χ3n) is 2.72. The normalized spacial score (nSPS) is 10.4. The molecule has 0 fully saturated rings. The molecular formula is C12H15N3O. The molecule has 0 spiro atoms. The van der Waals surface area contributed by atoms with Crippen LogP contribution in [0.5, 0.6) is 5.75 Å². The van der Waals surface area contributed by atoms with Gasteiger partial charge in [0.1, 0.15) is 18.7 Å². The van der Waals surface area contributed by atoms with E-state index in [1.807, 2.05) is 19.2 Å². The maximum Gasteiger partial charge on any atom is 0.164 e. The smallest absolute Gasteiger partial charge is 0.164 e. The van der Waals surface area contributed by atoms with Crippen LogP contribution >= 0.6 is 0 Å². The van der Waals surface area contributed by atoms with E-state index in [0.29, 0.717) is 6.61 Å². The van der Waals surface area contributed by atoms with Crippen LogP contribution in [0.2, 0.25) is 0 Å². The summed E-state index contributed by atoms with van der Waals surface area (Å²) >= 11 is 0. The third-order valence-corrected chi connectivity index (χ3v) is 2.72. The lowest BCUT2D eigenvalue weighted by molar-refractivity contribution is 0.287. The molecule has 16 heavy (non-hydrogen) atoms. The molecule has 1 aromatic heterocycles. The van der Waals surface area contributed by atoms with Gasteiger partial charge in [-0.3, -0.25) is 4.68 Å². The molecule has 1 heterocycles. The Kier molecular flexibility index (Phi) is 2.90. The Morgan fingerprint density at radius 3 is 2.81 bits per heavy atom. The van der Waals surface area contributed by atoms with Crippen LogP contribution < -0.4 is 4.74 Å².